The molecule has 1 aliphatic heterocycles. The zero-order valence-corrected chi connectivity index (χ0v) is 16.2. The van der Waals surface area contributed by atoms with Crippen LogP contribution in [-0.2, 0) is 24.3 Å². The molecule has 3 rings (SSSR count). The Morgan fingerprint density at radius 2 is 1.85 bits per heavy atom. The highest BCUT2D eigenvalue weighted by Gasteiger charge is 2.25. The van der Waals surface area contributed by atoms with Crippen LogP contribution >= 0.6 is 11.6 Å². The number of carbonyl (C=O) groups is 1. The molecule has 2 aromatic rings. The number of fused-ring (bicyclic) bond motifs is 1. The smallest absolute Gasteiger partial charge is 0.410 e. The largest absolute Gasteiger partial charge is 0.489 e. The Kier molecular flexibility index (Phi) is 5.42. The minimum atomic E-state index is -0.485. The Bertz CT molecular complexity index is 781. The second-order valence-electron chi connectivity index (χ2n) is 7.50. The summed E-state index contributed by atoms with van der Waals surface area (Å²) in [4.78, 5) is 14.1. The van der Waals surface area contributed by atoms with Crippen molar-refractivity contribution < 1.29 is 14.3 Å². The number of hydrogen-bond donors (Lipinski definition) is 0. The van der Waals surface area contributed by atoms with Gasteiger partial charge in [-0.25, -0.2) is 4.79 Å². The molecule has 0 aliphatic carbocycles. The van der Waals surface area contributed by atoms with Crippen molar-refractivity contribution in [2.75, 3.05) is 6.54 Å². The van der Waals surface area contributed by atoms with Crippen LogP contribution < -0.4 is 4.74 Å². The number of carbonyl (C=O) groups excluding carboxylic acids is 1. The standard InChI is InChI=1S/C21H24ClNO3/c1-21(2,3)26-20(24)23-11-10-16-6-9-19(12-17(16)13-23)25-14-15-4-7-18(22)8-5-15/h4-9,12H,10-11,13-14H2,1-3H3. The van der Waals surface area contributed by atoms with Gasteiger partial charge in [0.15, 0.2) is 0 Å². The summed E-state index contributed by atoms with van der Waals surface area (Å²) >= 11 is 5.90. The van der Waals surface area contributed by atoms with Gasteiger partial charge in [-0.1, -0.05) is 29.8 Å². The Morgan fingerprint density at radius 3 is 2.54 bits per heavy atom. The first kappa shape index (κ1) is 18.6. The van der Waals surface area contributed by atoms with E-state index in [-0.39, 0.29) is 6.09 Å². The highest BCUT2D eigenvalue weighted by molar-refractivity contribution is 6.30. The molecule has 0 aromatic heterocycles. The summed E-state index contributed by atoms with van der Waals surface area (Å²) in [6.07, 6.45) is 0.558. The SMILES string of the molecule is CC(C)(C)OC(=O)N1CCc2ccc(OCc3ccc(Cl)cc3)cc2C1. The van der Waals surface area contributed by atoms with Gasteiger partial charge < -0.3 is 14.4 Å². The molecule has 0 saturated heterocycles. The third-order valence-electron chi connectivity index (χ3n) is 4.16. The molecule has 4 nitrogen and oxygen atoms in total. The number of halogens is 1. The molecule has 0 unspecified atom stereocenters. The lowest BCUT2D eigenvalue weighted by atomic mass is 10.00. The molecular formula is C21H24ClNO3. The minimum Gasteiger partial charge on any atom is -0.489 e. The van der Waals surface area contributed by atoms with Crippen molar-refractivity contribution in [2.45, 2.75) is 45.9 Å². The molecule has 1 amide bonds. The number of benzene rings is 2. The van der Waals surface area contributed by atoms with Crippen LogP contribution in [0.5, 0.6) is 5.75 Å². The summed E-state index contributed by atoms with van der Waals surface area (Å²) in [5.41, 5.74) is 2.93. The first-order valence-electron chi connectivity index (χ1n) is 8.77. The van der Waals surface area contributed by atoms with Crippen molar-refractivity contribution in [3.8, 4) is 5.75 Å². The average Bonchev–Trinajstić information content (AvgIpc) is 2.59. The number of nitrogens with zero attached hydrogens (tertiary/aromatic N) is 1. The van der Waals surface area contributed by atoms with E-state index in [2.05, 4.69) is 6.07 Å². The predicted octanol–water partition coefficient (Wildman–Crippen LogP) is 5.21. The first-order valence-corrected chi connectivity index (χ1v) is 9.15. The molecule has 0 radical (unpaired) electrons. The van der Waals surface area contributed by atoms with E-state index in [4.69, 9.17) is 21.1 Å². The van der Waals surface area contributed by atoms with Gasteiger partial charge in [-0.15, -0.1) is 0 Å². The molecule has 2 aromatic carbocycles. The summed E-state index contributed by atoms with van der Waals surface area (Å²) in [5, 5.41) is 0.713. The van der Waals surface area contributed by atoms with Crippen molar-refractivity contribution in [3.63, 3.8) is 0 Å². The van der Waals surface area contributed by atoms with Crippen molar-refractivity contribution in [3.05, 3.63) is 64.2 Å². The highest BCUT2D eigenvalue weighted by atomic mass is 35.5. The zero-order valence-electron chi connectivity index (χ0n) is 15.4. The van der Waals surface area contributed by atoms with Crippen LogP contribution in [0.3, 0.4) is 0 Å². The molecule has 138 valence electrons. The van der Waals surface area contributed by atoms with Gasteiger partial charge >= 0.3 is 6.09 Å². The molecule has 0 spiro atoms. The second-order valence-corrected chi connectivity index (χ2v) is 7.93. The molecule has 1 aliphatic rings. The van der Waals surface area contributed by atoms with E-state index in [1.807, 2.05) is 57.2 Å². The van der Waals surface area contributed by atoms with E-state index in [1.165, 1.54) is 5.56 Å². The monoisotopic (exact) mass is 373 g/mol. The van der Waals surface area contributed by atoms with Gasteiger partial charge in [-0.05, 0) is 68.1 Å². The van der Waals surface area contributed by atoms with Crippen molar-refractivity contribution in [2.24, 2.45) is 0 Å². The Labute approximate surface area is 159 Å². The molecule has 5 heteroatoms. The van der Waals surface area contributed by atoms with E-state index >= 15 is 0 Å². The minimum absolute atomic E-state index is 0.268. The van der Waals surface area contributed by atoms with Crippen LogP contribution in [-0.4, -0.2) is 23.1 Å². The third-order valence-corrected chi connectivity index (χ3v) is 4.41. The maximum absolute atomic E-state index is 12.3. The van der Waals surface area contributed by atoms with Crippen LogP contribution in [0, 0.1) is 0 Å². The van der Waals surface area contributed by atoms with Crippen molar-refractivity contribution in [1.82, 2.24) is 4.90 Å². The predicted molar refractivity (Wildman–Crippen MR) is 103 cm³/mol. The summed E-state index contributed by atoms with van der Waals surface area (Å²) in [6.45, 7) is 7.34. The van der Waals surface area contributed by atoms with Gasteiger partial charge in [0, 0.05) is 18.1 Å². The lowest BCUT2D eigenvalue weighted by molar-refractivity contribution is 0.0223. The fourth-order valence-corrected chi connectivity index (χ4v) is 2.98. The normalized spacial score (nSPS) is 13.9. The molecule has 26 heavy (non-hydrogen) atoms. The lowest BCUT2D eigenvalue weighted by Crippen LogP contribution is -2.39. The van der Waals surface area contributed by atoms with Crippen LogP contribution in [0.2, 0.25) is 5.02 Å². The van der Waals surface area contributed by atoms with Crippen molar-refractivity contribution >= 4 is 17.7 Å². The van der Waals surface area contributed by atoms with Crippen LogP contribution in [0.1, 0.15) is 37.5 Å². The van der Waals surface area contributed by atoms with Gasteiger partial charge in [0.1, 0.15) is 18.0 Å². The van der Waals surface area contributed by atoms with Crippen molar-refractivity contribution in [1.29, 1.82) is 0 Å². The fourth-order valence-electron chi connectivity index (χ4n) is 2.85. The molecular weight excluding hydrogens is 350 g/mol. The van der Waals surface area contributed by atoms with Crippen LogP contribution in [0.25, 0.3) is 0 Å². The number of ether oxygens (including phenoxy) is 2. The molecule has 0 fully saturated rings. The van der Waals surface area contributed by atoms with E-state index in [1.54, 1.807) is 4.90 Å². The lowest BCUT2D eigenvalue weighted by Gasteiger charge is -2.31. The van der Waals surface area contributed by atoms with Gasteiger partial charge in [-0.2, -0.15) is 0 Å². The van der Waals surface area contributed by atoms with Crippen LogP contribution in [0.4, 0.5) is 4.79 Å². The van der Waals surface area contributed by atoms with Gasteiger partial charge in [0.25, 0.3) is 0 Å². The number of rotatable bonds is 3. The van der Waals surface area contributed by atoms with Gasteiger partial charge in [0.2, 0.25) is 0 Å². The maximum Gasteiger partial charge on any atom is 0.410 e. The zero-order chi connectivity index (χ0) is 18.7. The topological polar surface area (TPSA) is 38.8 Å². The second kappa shape index (κ2) is 7.58. The maximum atomic E-state index is 12.3. The highest BCUT2D eigenvalue weighted by Crippen LogP contribution is 2.25. The van der Waals surface area contributed by atoms with Gasteiger partial charge in [0.05, 0.1) is 0 Å². The van der Waals surface area contributed by atoms with Crippen LogP contribution in [0.15, 0.2) is 42.5 Å². The molecule has 0 N–H and O–H groups in total. The fraction of sp³-hybridized carbons (Fsp3) is 0.381. The molecule has 0 atom stereocenters. The van der Waals surface area contributed by atoms with Gasteiger partial charge in [-0.3, -0.25) is 0 Å². The summed E-state index contributed by atoms with van der Waals surface area (Å²) in [6, 6.07) is 13.7. The van der Waals surface area contributed by atoms with E-state index < -0.39 is 5.60 Å². The Morgan fingerprint density at radius 1 is 1.12 bits per heavy atom. The molecule has 0 bridgehead atoms. The Hall–Kier alpha value is -2.20. The number of hydrogen-bond acceptors (Lipinski definition) is 3. The summed E-state index contributed by atoms with van der Waals surface area (Å²) in [5.74, 6) is 0.796. The molecule has 1 heterocycles. The van der Waals surface area contributed by atoms with E-state index in [0.717, 1.165) is 23.3 Å². The average molecular weight is 374 g/mol. The Balaban J connectivity index is 1.65. The quantitative estimate of drug-likeness (QED) is 0.741. The number of amides is 1. The third kappa shape index (κ3) is 4.92. The summed E-state index contributed by atoms with van der Waals surface area (Å²) in [7, 11) is 0. The summed E-state index contributed by atoms with van der Waals surface area (Å²) < 4.78 is 11.4. The first-order chi connectivity index (χ1) is 12.3. The molecule has 0 saturated carbocycles. The van der Waals surface area contributed by atoms with E-state index in [9.17, 15) is 4.79 Å². The van der Waals surface area contributed by atoms with E-state index in [0.29, 0.717) is 24.7 Å².